The van der Waals surface area contributed by atoms with Gasteiger partial charge in [0, 0.05) is 0 Å². The molecule has 0 bridgehead atoms. The molecule has 1 aliphatic carbocycles. The van der Waals surface area contributed by atoms with Gasteiger partial charge in [-0.05, 0) is 52.6 Å². The van der Waals surface area contributed by atoms with Crippen LogP contribution in [0.25, 0.3) is 0 Å². The third kappa shape index (κ3) is 5.37. The zero-order chi connectivity index (χ0) is 19.9. The largest absolute Gasteiger partial charge is 0.508 e. The Morgan fingerprint density at radius 3 is 1.37 bits per heavy atom. The van der Waals surface area contributed by atoms with Crippen molar-refractivity contribution in [2.75, 3.05) is 0 Å². The van der Waals surface area contributed by atoms with Gasteiger partial charge in [0.2, 0.25) is 0 Å². The van der Waals surface area contributed by atoms with Crippen molar-refractivity contribution in [1.29, 1.82) is 0 Å². The zero-order valence-electron chi connectivity index (χ0n) is 16.7. The van der Waals surface area contributed by atoms with Gasteiger partial charge in [-0.25, -0.2) is 0 Å². The van der Waals surface area contributed by atoms with Crippen molar-refractivity contribution < 1.29 is 10.2 Å². The molecule has 0 fully saturated rings. The van der Waals surface area contributed by atoms with E-state index in [4.69, 9.17) is 10.2 Å². The minimum absolute atomic E-state index is 0.322. The number of rotatable bonds is 0. The van der Waals surface area contributed by atoms with Gasteiger partial charge in [0.05, 0.1) is 0 Å². The Morgan fingerprint density at radius 1 is 0.593 bits per heavy atom. The summed E-state index contributed by atoms with van der Waals surface area (Å²) in [7, 11) is 0. The van der Waals surface area contributed by atoms with Crippen LogP contribution in [0.4, 0.5) is 0 Å². The average molecular weight is 363 g/mol. The van der Waals surface area contributed by atoms with E-state index in [1.54, 1.807) is 54.1 Å². The second kappa shape index (κ2) is 8.77. The van der Waals surface area contributed by atoms with Crippen LogP contribution in [0.15, 0.2) is 84.9 Å². The van der Waals surface area contributed by atoms with Crippen molar-refractivity contribution in [3.05, 3.63) is 96.1 Å². The summed E-state index contributed by atoms with van der Waals surface area (Å²) >= 11 is 0. The summed E-state index contributed by atoms with van der Waals surface area (Å²) < 4.78 is 0. The minimum Gasteiger partial charge on any atom is -0.508 e. The van der Waals surface area contributed by atoms with E-state index in [9.17, 15) is 0 Å². The normalized spacial score (nSPS) is 15.4. The Kier molecular flexibility index (Phi) is 6.68. The minimum atomic E-state index is 0.322. The van der Waals surface area contributed by atoms with E-state index in [0.717, 1.165) is 0 Å². The van der Waals surface area contributed by atoms with E-state index in [2.05, 4.69) is 52.0 Å². The van der Waals surface area contributed by atoms with Gasteiger partial charge in [-0.2, -0.15) is 0 Å². The number of hydrogen-bond donors (Lipinski definition) is 2. The molecule has 1 aliphatic rings. The van der Waals surface area contributed by atoms with Gasteiger partial charge in [0.15, 0.2) is 0 Å². The monoisotopic (exact) mass is 362 g/mol. The number of benzene rings is 3. The first-order valence-electron chi connectivity index (χ1n) is 9.30. The van der Waals surface area contributed by atoms with Crippen molar-refractivity contribution in [2.45, 2.75) is 39.5 Å². The third-order valence-corrected chi connectivity index (χ3v) is 5.53. The molecule has 27 heavy (non-hydrogen) atoms. The lowest BCUT2D eigenvalue weighted by Gasteiger charge is -2.35. The van der Waals surface area contributed by atoms with Crippen LogP contribution in [-0.4, -0.2) is 10.2 Å². The number of phenols is 2. The van der Waals surface area contributed by atoms with Gasteiger partial charge < -0.3 is 10.2 Å². The number of phenolic OH excluding ortho intramolecular Hbond substituents is 2. The van der Waals surface area contributed by atoms with Gasteiger partial charge in [-0.3, -0.25) is 0 Å². The van der Waals surface area contributed by atoms with Crippen LogP contribution in [0.3, 0.4) is 0 Å². The fourth-order valence-electron chi connectivity index (χ4n) is 3.20. The van der Waals surface area contributed by atoms with Crippen LogP contribution in [-0.2, 0) is 11.8 Å². The first-order chi connectivity index (χ1) is 12.7. The Hall–Kier alpha value is -2.74. The van der Waals surface area contributed by atoms with Gasteiger partial charge in [0.1, 0.15) is 11.5 Å². The van der Waals surface area contributed by atoms with E-state index in [0.29, 0.717) is 22.3 Å². The SMILES string of the molecule is CC1(C)Cc2ccccc2C1(C)C.Oc1ccccc1.Oc1ccccc1. The Balaban J connectivity index is 0.000000159. The summed E-state index contributed by atoms with van der Waals surface area (Å²) in [6.45, 7) is 9.46. The molecular formula is C25H30O2. The van der Waals surface area contributed by atoms with Crippen LogP contribution in [0.5, 0.6) is 11.5 Å². The molecule has 0 heterocycles. The van der Waals surface area contributed by atoms with Crippen LogP contribution in [0, 0.1) is 5.41 Å². The summed E-state index contributed by atoms with van der Waals surface area (Å²) in [6, 6.07) is 26.3. The van der Waals surface area contributed by atoms with Crippen LogP contribution in [0.1, 0.15) is 38.8 Å². The lowest BCUT2D eigenvalue weighted by molar-refractivity contribution is 0.225. The van der Waals surface area contributed by atoms with E-state index in [1.165, 1.54) is 12.0 Å². The molecule has 0 amide bonds. The summed E-state index contributed by atoms with van der Waals surface area (Å²) in [5.41, 5.74) is 3.80. The average Bonchev–Trinajstić information content (AvgIpc) is 2.82. The molecule has 3 aromatic carbocycles. The predicted molar refractivity (Wildman–Crippen MR) is 113 cm³/mol. The van der Waals surface area contributed by atoms with E-state index in [1.807, 2.05) is 12.1 Å². The van der Waals surface area contributed by atoms with Crippen LogP contribution < -0.4 is 0 Å². The fourth-order valence-corrected chi connectivity index (χ4v) is 3.20. The summed E-state index contributed by atoms with van der Waals surface area (Å²) in [6.07, 6.45) is 1.22. The van der Waals surface area contributed by atoms with Crippen LogP contribution >= 0.6 is 0 Å². The highest BCUT2D eigenvalue weighted by molar-refractivity contribution is 5.41. The Bertz CT molecular complexity index is 784. The second-order valence-electron chi connectivity index (χ2n) is 8.01. The molecule has 2 nitrogen and oxygen atoms in total. The molecule has 0 aromatic heterocycles. The van der Waals surface area contributed by atoms with E-state index < -0.39 is 0 Å². The molecule has 142 valence electrons. The number of fused-ring (bicyclic) bond motifs is 1. The molecule has 0 radical (unpaired) electrons. The number of para-hydroxylation sites is 2. The lowest BCUT2D eigenvalue weighted by Crippen LogP contribution is -2.32. The molecule has 2 heteroatoms. The Labute approximate surface area is 163 Å². The maximum Gasteiger partial charge on any atom is 0.115 e. The van der Waals surface area contributed by atoms with Crippen molar-refractivity contribution in [2.24, 2.45) is 5.41 Å². The fraction of sp³-hybridized carbons (Fsp3) is 0.280. The predicted octanol–water partition coefficient (Wildman–Crippen LogP) is 6.33. The lowest BCUT2D eigenvalue weighted by atomic mass is 9.69. The molecule has 0 aliphatic heterocycles. The summed E-state index contributed by atoms with van der Waals surface area (Å²) in [5.74, 6) is 0.644. The first-order valence-corrected chi connectivity index (χ1v) is 9.30. The topological polar surface area (TPSA) is 40.5 Å². The highest BCUT2D eigenvalue weighted by atomic mass is 16.3. The molecular weight excluding hydrogens is 332 g/mol. The summed E-state index contributed by atoms with van der Waals surface area (Å²) in [5, 5.41) is 17.3. The molecule has 0 saturated carbocycles. The molecule has 0 spiro atoms. The van der Waals surface area contributed by atoms with Crippen molar-refractivity contribution in [3.8, 4) is 11.5 Å². The standard InChI is InChI=1S/C13H18.2C6H6O/c1-12(2)9-10-7-5-6-8-11(10)13(12,3)4;2*7-6-4-2-1-3-5-6/h5-8H,9H2,1-4H3;2*1-5,7H. The molecule has 3 aromatic rings. The quantitative estimate of drug-likeness (QED) is 0.490. The first kappa shape index (κ1) is 20.6. The number of hydrogen-bond acceptors (Lipinski definition) is 2. The van der Waals surface area contributed by atoms with E-state index in [-0.39, 0.29) is 0 Å². The van der Waals surface area contributed by atoms with Gasteiger partial charge in [-0.1, -0.05) is 88.4 Å². The highest BCUT2D eigenvalue weighted by Gasteiger charge is 2.44. The van der Waals surface area contributed by atoms with E-state index >= 15 is 0 Å². The second-order valence-corrected chi connectivity index (χ2v) is 8.01. The van der Waals surface area contributed by atoms with Crippen molar-refractivity contribution in [3.63, 3.8) is 0 Å². The van der Waals surface area contributed by atoms with Gasteiger partial charge in [0.25, 0.3) is 0 Å². The van der Waals surface area contributed by atoms with Gasteiger partial charge >= 0.3 is 0 Å². The molecule has 0 atom stereocenters. The highest BCUT2D eigenvalue weighted by Crippen LogP contribution is 2.50. The molecule has 0 unspecified atom stereocenters. The maximum atomic E-state index is 8.63. The molecule has 2 N–H and O–H groups in total. The Morgan fingerprint density at radius 2 is 1.00 bits per heavy atom. The van der Waals surface area contributed by atoms with Gasteiger partial charge in [-0.15, -0.1) is 0 Å². The summed E-state index contributed by atoms with van der Waals surface area (Å²) in [4.78, 5) is 0. The maximum absolute atomic E-state index is 8.63. The van der Waals surface area contributed by atoms with Crippen molar-refractivity contribution in [1.82, 2.24) is 0 Å². The molecule has 0 saturated heterocycles. The third-order valence-electron chi connectivity index (χ3n) is 5.53. The smallest absolute Gasteiger partial charge is 0.115 e. The van der Waals surface area contributed by atoms with Crippen LogP contribution in [0.2, 0.25) is 0 Å². The van der Waals surface area contributed by atoms with Crippen molar-refractivity contribution >= 4 is 0 Å². The molecule has 4 rings (SSSR count). The number of aromatic hydroxyl groups is 2. The zero-order valence-corrected chi connectivity index (χ0v) is 16.7.